The van der Waals surface area contributed by atoms with Gasteiger partial charge in [0, 0.05) is 13.1 Å². The van der Waals surface area contributed by atoms with Crippen LogP contribution in [0.5, 0.6) is 5.75 Å². The van der Waals surface area contributed by atoms with Crippen molar-refractivity contribution < 1.29 is 14.8 Å². The number of nitro groups is 1. The van der Waals surface area contributed by atoms with E-state index in [4.69, 9.17) is 0 Å². The number of hydrogen-bond acceptors (Lipinski definition) is 6. The molecule has 1 heterocycles. The number of benzene rings is 1. The van der Waals surface area contributed by atoms with Crippen LogP contribution in [0, 0.1) is 10.1 Å². The number of phenols is 1. The summed E-state index contributed by atoms with van der Waals surface area (Å²) in [7, 11) is 1.71. The van der Waals surface area contributed by atoms with Gasteiger partial charge in [0.15, 0.2) is 5.82 Å². The van der Waals surface area contributed by atoms with Gasteiger partial charge in [0.25, 0.3) is 11.6 Å². The average Bonchev–Trinajstić information content (AvgIpc) is 2.81. The molecule has 0 aliphatic heterocycles. The third kappa shape index (κ3) is 2.71. The largest absolute Gasteiger partial charge is 0.508 e. The van der Waals surface area contributed by atoms with Crippen molar-refractivity contribution in [1.82, 2.24) is 20.1 Å². The Kier molecular flexibility index (Phi) is 3.60. The van der Waals surface area contributed by atoms with Crippen molar-refractivity contribution in [3.05, 3.63) is 46.0 Å². The average molecular weight is 277 g/mol. The monoisotopic (exact) mass is 277 g/mol. The molecule has 1 aromatic carbocycles. The van der Waals surface area contributed by atoms with E-state index in [1.165, 1.54) is 6.33 Å². The highest BCUT2D eigenvalue weighted by Gasteiger charge is 2.20. The van der Waals surface area contributed by atoms with Crippen molar-refractivity contribution in [3.8, 4) is 5.75 Å². The molecule has 1 amide bonds. The Labute approximate surface area is 113 Å². The van der Waals surface area contributed by atoms with Crippen LogP contribution in [0.2, 0.25) is 0 Å². The number of hydrogen-bond donors (Lipinski definition) is 2. The SMILES string of the molecule is Cn1cnnc1CNC(=O)c1cc(O)ccc1[N+](=O)[O-]. The predicted molar refractivity (Wildman–Crippen MR) is 66.9 cm³/mol. The first kappa shape index (κ1) is 13.5. The van der Waals surface area contributed by atoms with E-state index < -0.39 is 10.8 Å². The molecule has 0 spiro atoms. The summed E-state index contributed by atoms with van der Waals surface area (Å²) in [6, 6.07) is 3.27. The second kappa shape index (κ2) is 5.34. The van der Waals surface area contributed by atoms with Gasteiger partial charge in [0.2, 0.25) is 0 Å². The van der Waals surface area contributed by atoms with Gasteiger partial charge in [-0.2, -0.15) is 0 Å². The highest BCUT2D eigenvalue weighted by atomic mass is 16.6. The standard InChI is InChI=1S/C11H11N5O4/c1-15-6-13-14-10(15)5-12-11(18)8-4-7(17)2-3-9(8)16(19)20/h2-4,6,17H,5H2,1H3,(H,12,18). The Morgan fingerprint density at radius 2 is 2.30 bits per heavy atom. The van der Waals surface area contributed by atoms with Crippen molar-refractivity contribution >= 4 is 11.6 Å². The quantitative estimate of drug-likeness (QED) is 0.614. The zero-order valence-electron chi connectivity index (χ0n) is 10.5. The lowest BCUT2D eigenvalue weighted by Gasteiger charge is -2.05. The molecule has 0 aliphatic rings. The van der Waals surface area contributed by atoms with Crippen LogP contribution in [0.1, 0.15) is 16.2 Å². The van der Waals surface area contributed by atoms with Crippen molar-refractivity contribution in [1.29, 1.82) is 0 Å². The fourth-order valence-corrected chi connectivity index (χ4v) is 1.59. The third-order valence-electron chi connectivity index (χ3n) is 2.63. The molecule has 0 radical (unpaired) electrons. The second-order valence-electron chi connectivity index (χ2n) is 4.00. The Hall–Kier alpha value is -2.97. The number of phenolic OH excluding ortho intramolecular Hbond substituents is 1. The molecular formula is C11H11N5O4. The summed E-state index contributed by atoms with van der Waals surface area (Å²) in [6.07, 6.45) is 1.47. The number of aromatic hydroxyl groups is 1. The van der Waals surface area contributed by atoms with E-state index in [1.807, 2.05) is 0 Å². The highest BCUT2D eigenvalue weighted by Crippen LogP contribution is 2.23. The summed E-state index contributed by atoms with van der Waals surface area (Å²) < 4.78 is 1.61. The van der Waals surface area contributed by atoms with Gasteiger partial charge in [-0.3, -0.25) is 14.9 Å². The summed E-state index contributed by atoms with van der Waals surface area (Å²) in [4.78, 5) is 22.1. The molecule has 9 heteroatoms. The van der Waals surface area contributed by atoms with Crippen LogP contribution in [-0.2, 0) is 13.6 Å². The van der Waals surface area contributed by atoms with Crippen molar-refractivity contribution in [2.75, 3.05) is 0 Å². The number of nitrogens with one attached hydrogen (secondary N) is 1. The van der Waals surface area contributed by atoms with Gasteiger partial charge >= 0.3 is 0 Å². The number of aryl methyl sites for hydroxylation is 1. The molecule has 20 heavy (non-hydrogen) atoms. The molecule has 0 saturated heterocycles. The first-order valence-electron chi connectivity index (χ1n) is 5.57. The number of aromatic nitrogens is 3. The molecule has 9 nitrogen and oxygen atoms in total. The Morgan fingerprint density at radius 1 is 1.55 bits per heavy atom. The second-order valence-corrected chi connectivity index (χ2v) is 4.00. The van der Waals surface area contributed by atoms with Gasteiger partial charge in [-0.05, 0) is 12.1 Å². The molecule has 0 bridgehead atoms. The molecule has 2 rings (SSSR count). The number of nitro benzene ring substituents is 1. The summed E-state index contributed by atoms with van der Waals surface area (Å²) in [6.45, 7) is 0.0716. The van der Waals surface area contributed by atoms with E-state index in [0.29, 0.717) is 5.82 Å². The maximum Gasteiger partial charge on any atom is 0.282 e. The maximum atomic E-state index is 11.9. The van der Waals surface area contributed by atoms with Gasteiger partial charge in [0.1, 0.15) is 17.6 Å². The number of carbonyl (C=O) groups is 1. The van der Waals surface area contributed by atoms with E-state index in [1.54, 1.807) is 11.6 Å². The number of rotatable bonds is 4. The van der Waals surface area contributed by atoms with Crippen molar-refractivity contribution in [2.24, 2.45) is 7.05 Å². The van der Waals surface area contributed by atoms with Crippen LogP contribution in [0.15, 0.2) is 24.5 Å². The zero-order valence-corrected chi connectivity index (χ0v) is 10.5. The van der Waals surface area contributed by atoms with Crippen LogP contribution in [0.4, 0.5) is 5.69 Å². The van der Waals surface area contributed by atoms with Crippen LogP contribution >= 0.6 is 0 Å². The molecule has 104 valence electrons. The normalized spacial score (nSPS) is 10.2. The highest BCUT2D eigenvalue weighted by molar-refractivity contribution is 5.98. The fourth-order valence-electron chi connectivity index (χ4n) is 1.59. The van der Waals surface area contributed by atoms with Gasteiger partial charge in [-0.15, -0.1) is 10.2 Å². The third-order valence-corrected chi connectivity index (χ3v) is 2.63. The first-order chi connectivity index (χ1) is 9.49. The van der Waals surface area contributed by atoms with Gasteiger partial charge < -0.3 is 15.0 Å². The lowest BCUT2D eigenvalue weighted by atomic mass is 10.1. The molecule has 0 saturated carbocycles. The van der Waals surface area contributed by atoms with E-state index in [0.717, 1.165) is 18.2 Å². The van der Waals surface area contributed by atoms with Crippen LogP contribution in [0.3, 0.4) is 0 Å². The van der Waals surface area contributed by atoms with E-state index in [2.05, 4.69) is 15.5 Å². The summed E-state index contributed by atoms with van der Waals surface area (Å²) >= 11 is 0. The Morgan fingerprint density at radius 3 is 2.90 bits per heavy atom. The molecule has 0 aliphatic carbocycles. The topological polar surface area (TPSA) is 123 Å². The van der Waals surface area contributed by atoms with Crippen molar-refractivity contribution in [2.45, 2.75) is 6.54 Å². The number of amides is 1. The number of carbonyl (C=O) groups excluding carboxylic acids is 1. The molecule has 1 aromatic heterocycles. The van der Waals surface area contributed by atoms with Crippen LogP contribution < -0.4 is 5.32 Å². The molecule has 0 unspecified atom stereocenters. The fraction of sp³-hybridized carbons (Fsp3) is 0.182. The minimum absolute atomic E-state index is 0.0716. The summed E-state index contributed by atoms with van der Waals surface area (Å²) in [5, 5.41) is 30.1. The summed E-state index contributed by atoms with van der Waals surface area (Å²) in [5.41, 5.74) is -0.588. The summed E-state index contributed by atoms with van der Waals surface area (Å²) in [5.74, 6) is -0.392. The molecular weight excluding hydrogens is 266 g/mol. The molecule has 2 aromatic rings. The van der Waals surface area contributed by atoms with Crippen LogP contribution in [-0.4, -0.2) is 30.7 Å². The lowest BCUT2D eigenvalue weighted by molar-refractivity contribution is -0.385. The number of nitrogens with zero attached hydrogens (tertiary/aromatic N) is 4. The maximum absolute atomic E-state index is 11.9. The lowest BCUT2D eigenvalue weighted by Crippen LogP contribution is -2.25. The van der Waals surface area contributed by atoms with E-state index in [9.17, 15) is 20.0 Å². The minimum atomic E-state index is -0.684. The predicted octanol–water partition coefficient (Wildman–Crippen LogP) is 0.359. The smallest absolute Gasteiger partial charge is 0.282 e. The minimum Gasteiger partial charge on any atom is -0.508 e. The Bertz CT molecular complexity index is 667. The van der Waals surface area contributed by atoms with Gasteiger partial charge in [-0.25, -0.2) is 0 Å². The first-order valence-corrected chi connectivity index (χ1v) is 5.57. The molecule has 0 fully saturated rings. The van der Waals surface area contributed by atoms with E-state index >= 15 is 0 Å². The van der Waals surface area contributed by atoms with E-state index in [-0.39, 0.29) is 23.5 Å². The van der Waals surface area contributed by atoms with Gasteiger partial charge in [0.05, 0.1) is 11.5 Å². The van der Waals surface area contributed by atoms with Crippen molar-refractivity contribution in [3.63, 3.8) is 0 Å². The van der Waals surface area contributed by atoms with Crippen LogP contribution in [0.25, 0.3) is 0 Å². The Balaban J connectivity index is 2.19. The zero-order chi connectivity index (χ0) is 14.7. The molecule has 0 atom stereocenters. The van der Waals surface area contributed by atoms with Gasteiger partial charge in [-0.1, -0.05) is 0 Å². The molecule has 2 N–H and O–H groups in total.